The van der Waals surface area contributed by atoms with Gasteiger partial charge in [-0.2, -0.15) is 0 Å². The van der Waals surface area contributed by atoms with E-state index >= 15 is 0 Å². The van der Waals surface area contributed by atoms with Crippen molar-refractivity contribution in [3.63, 3.8) is 0 Å². The van der Waals surface area contributed by atoms with E-state index in [-0.39, 0.29) is 0 Å². The van der Waals surface area contributed by atoms with E-state index in [1.165, 1.54) is 5.56 Å². The monoisotopic (exact) mass is 371 g/mol. The van der Waals surface area contributed by atoms with Gasteiger partial charge in [0.25, 0.3) is 0 Å². The first-order valence-corrected chi connectivity index (χ1v) is 8.22. The first kappa shape index (κ1) is 15.7. The number of nitrogens with one attached hydrogen (secondary N) is 1. The highest BCUT2D eigenvalue weighted by Crippen LogP contribution is 2.22. The van der Waals surface area contributed by atoms with Gasteiger partial charge in [-0.05, 0) is 48.2 Å². The quantitative estimate of drug-likeness (QED) is 0.623. The van der Waals surface area contributed by atoms with Crippen LogP contribution in [-0.2, 0) is 13.0 Å². The number of hydrogen-bond donors (Lipinski definition) is 1. The standard InChI is InChI=1S/C16H16BrCl2N/c17-14-7-6-13(16(19)10-14)11-20-15-5-1-3-12(9-15)4-2-8-18/h1,3,5-7,9-10,20H,2,4,8,11H2. The molecule has 0 atom stereocenters. The third-order valence-corrected chi connectivity index (χ3v) is 4.14. The molecule has 0 fully saturated rings. The molecule has 0 aliphatic rings. The third kappa shape index (κ3) is 4.69. The first-order chi connectivity index (χ1) is 9.69. The van der Waals surface area contributed by atoms with E-state index in [4.69, 9.17) is 23.2 Å². The summed E-state index contributed by atoms with van der Waals surface area (Å²) in [6.45, 7) is 0.713. The fraction of sp³-hybridized carbons (Fsp3) is 0.250. The molecule has 0 aromatic heterocycles. The normalized spacial score (nSPS) is 10.6. The Balaban J connectivity index is 1.99. The molecule has 2 aromatic carbocycles. The molecule has 0 spiro atoms. The van der Waals surface area contributed by atoms with Crippen molar-refractivity contribution in [1.82, 2.24) is 0 Å². The van der Waals surface area contributed by atoms with Gasteiger partial charge in [-0.25, -0.2) is 0 Å². The van der Waals surface area contributed by atoms with Crippen molar-refractivity contribution in [2.24, 2.45) is 0 Å². The highest BCUT2D eigenvalue weighted by molar-refractivity contribution is 9.10. The van der Waals surface area contributed by atoms with Crippen LogP contribution in [0.2, 0.25) is 5.02 Å². The molecule has 0 radical (unpaired) electrons. The van der Waals surface area contributed by atoms with Crippen molar-refractivity contribution >= 4 is 44.8 Å². The average molecular weight is 373 g/mol. The van der Waals surface area contributed by atoms with Gasteiger partial charge < -0.3 is 5.32 Å². The van der Waals surface area contributed by atoms with E-state index in [9.17, 15) is 0 Å². The average Bonchev–Trinajstić information content (AvgIpc) is 2.45. The number of alkyl halides is 1. The number of rotatable bonds is 6. The number of aryl methyl sites for hydroxylation is 1. The van der Waals surface area contributed by atoms with Gasteiger partial charge in [0, 0.05) is 27.6 Å². The summed E-state index contributed by atoms with van der Waals surface area (Å²) < 4.78 is 0.995. The highest BCUT2D eigenvalue weighted by Gasteiger charge is 2.02. The lowest BCUT2D eigenvalue weighted by molar-refractivity contribution is 0.928. The largest absolute Gasteiger partial charge is 0.381 e. The molecule has 20 heavy (non-hydrogen) atoms. The molecule has 0 saturated heterocycles. The van der Waals surface area contributed by atoms with Crippen LogP contribution < -0.4 is 5.32 Å². The smallest absolute Gasteiger partial charge is 0.0467 e. The molecule has 2 rings (SSSR count). The zero-order valence-electron chi connectivity index (χ0n) is 11.0. The van der Waals surface area contributed by atoms with Gasteiger partial charge >= 0.3 is 0 Å². The van der Waals surface area contributed by atoms with Crippen molar-refractivity contribution in [1.29, 1.82) is 0 Å². The lowest BCUT2D eigenvalue weighted by Crippen LogP contribution is -2.00. The Morgan fingerprint density at radius 1 is 1.10 bits per heavy atom. The Kier molecular flexibility index (Phi) is 6.21. The summed E-state index contributed by atoms with van der Waals surface area (Å²) in [5.74, 6) is 0.701. The fourth-order valence-corrected chi connectivity index (χ4v) is 2.84. The molecule has 0 amide bonds. The maximum Gasteiger partial charge on any atom is 0.0467 e. The van der Waals surface area contributed by atoms with Crippen LogP contribution in [0.5, 0.6) is 0 Å². The third-order valence-electron chi connectivity index (χ3n) is 3.02. The number of halogens is 3. The number of hydrogen-bond acceptors (Lipinski definition) is 1. The van der Waals surface area contributed by atoms with E-state index < -0.39 is 0 Å². The lowest BCUT2D eigenvalue weighted by Gasteiger charge is -2.10. The van der Waals surface area contributed by atoms with Gasteiger partial charge in [-0.3, -0.25) is 0 Å². The summed E-state index contributed by atoms with van der Waals surface area (Å²) in [5.41, 5.74) is 3.50. The fourth-order valence-electron chi connectivity index (χ4n) is 1.97. The van der Waals surface area contributed by atoms with Gasteiger partial charge in [0.1, 0.15) is 0 Å². The molecule has 0 bridgehead atoms. The highest BCUT2D eigenvalue weighted by atomic mass is 79.9. The summed E-state index contributed by atoms with van der Waals surface area (Å²) in [6, 6.07) is 14.4. The van der Waals surface area contributed by atoms with E-state index in [0.717, 1.165) is 33.6 Å². The molecule has 106 valence electrons. The van der Waals surface area contributed by atoms with Crippen LogP contribution in [-0.4, -0.2) is 5.88 Å². The van der Waals surface area contributed by atoms with Crippen molar-refractivity contribution in [2.45, 2.75) is 19.4 Å². The molecule has 0 saturated carbocycles. The maximum absolute atomic E-state index is 6.21. The van der Waals surface area contributed by atoms with Crippen molar-refractivity contribution in [3.05, 3.63) is 63.1 Å². The zero-order chi connectivity index (χ0) is 14.4. The molecule has 0 aliphatic heterocycles. The van der Waals surface area contributed by atoms with E-state index in [1.807, 2.05) is 18.2 Å². The number of benzene rings is 2. The maximum atomic E-state index is 6.21. The van der Waals surface area contributed by atoms with Crippen molar-refractivity contribution in [3.8, 4) is 0 Å². The Labute approximate surface area is 138 Å². The molecule has 1 nitrogen and oxygen atoms in total. The minimum atomic E-state index is 0.701. The first-order valence-electron chi connectivity index (χ1n) is 6.52. The molecule has 0 aliphatic carbocycles. The van der Waals surface area contributed by atoms with Crippen LogP contribution in [0, 0.1) is 0 Å². The van der Waals surface area contributed by atoms with Crippen molar-refractivity contribution in [2.75, 3.05) is 11.2 Å². The van der Waals surface area contributed by atoms with Crippen LogP contribution in [0.1, 0.15) is 17.5 Å². The molecular weight excluding hydrogens is 357 g/mol. The topological polar surface area (TPSA) is 12.0 Å². The Morgan fingerprint density at radius 2 is 1.95 bits per heavy atom. The second-order valence-corrected chi connectivity index (χ2v) is 6.28. The summed E-state index contributed by atoms with van der Waals surface area (Å²) in [5, 5.41) is 4.17. The summed E-state index contributed by atoms with van der Waals surface area (Å²) in [4.78, 5) is 0. The molecular formula is C16H16BrCl2N. The van der Waals surface area contributed by atoms with Gasteiger partial charge in [0.2, 0.25) is 0 Å². The van der Waals surface area contributed by atoms with Gasteiger partial charge in [-0.15, -0.1) is 11.6 Å². The van der Waals surface area contributed by atoms with Crippen molar-refractivity contribution < 1.29 is 0 Å². The lowest BCUT2D eigenvalue weighted by atomic mass is 10.1. The van der Waals surface area contributed by atoms with Crippen LogP contribution in [0.3, 0.4) is 0 Å². The zero-order valence-corrected chi connectivity index (χ0v) is 14.1. The molecule has 0 heterocycles. The minimum Gasteiger partial charge on any atom is -0.381 e. The number of anilines is 1. The molecule has 4 heteroatoms. The molecule has 0 unspecified atom stereocenters. The summed E-state index contributed by atoms with van der Waals surface area (Å²) in [7, 11) is 0. The SMILES string of the molecule is ClCCCc1cccc(NCc2ccc(Br)cc2Cl)c1. The Morgan fingerprint density at radius 3 is 2.70 bits per heavy atom. The van der Waals surface area contributed by atoms with Gasteiger partial charge in [-0.1, -0.05) is 45.7 Å². The van der Waals surface area contributed by atoms with Gasteiger partial charge in [0.15, 0.2) is 0 Å². The van der Waals surface area contributed by atoms with Crippen LogP contribution in [0.25, 0.3) is 0 Å². The molecule has 1 N–H and O–H groups in total. The predicted octanol–water partition coefficient (Wildman–Crippen LogP) is 5.89. The van der Waals surface area contributed by atoms with E-state index in [2.05, 4.69) is 45.5 Å². The van der Waals surface area contributed by atoms with Gasteiger partial charge in [0.05, 0.1) is 0 Å². The van der Waals surface area contributed by atoms with E-state index in [1.54, 1.807) is 0 Å². The Hall–Kier alpha value is -0.700. The van der Waals surface area contributed by atoms with Crippen LogP contribution >= 0.6 is 39.1 Å². The Bertz CT molecular complexity index is 572. The summed E-state index contributed by atoms with van der Waals surface area (Å²) in [6.07, 6.45) is 2.02. The van der Waals surface area contributed by atoms with E-state index in [0.29, 0.717) is 12.4 Å². The summed E-state index contributed by atoms with van der Waals surface area (Å²) >= 11 is 15.3. The molecule has 2 aromatic rings. The second-order valence-electron chi connectivity index (χ2n) is 4.58. The van der Waals surface area contributed by atoms with Crippen LogP contribution in [0.4, 0.5) is 5.69 Å². The second kappa shape index (κ2) is 7.92. The predicted molar refractivity (Wildman–Crippen MR) is 92.0 cm³/mol. The van der Waals surface area contributed by atoms with Crippen LogP contribution in [0.15, 0.2) is 46.9 Å². The minimum absolute atomic E-state index is 0.701.